The Labute approximate surface area is 183 Å². The molecule has 0 aliphatic carbocycles. The minimum Gasteiger partial charge on any atom is -0.411 e. The van der Waals surface area contributed by atoms with E-state index in [-0.39, 0.29) is 17.5 Å². The summed E-state index contributed by atoms with van der Waals surface area (Å²) in [5.41, 5.74) is 2.16. The second-order valence-electron chi connectivity index (χ2n) is 6.28. The van der Waals surface area contributed by atoms with Crippen LogP contribution in [-0.4, -0.2) is 31.6 Å². The van der Waals surface area contributed by atoms with Gasteiger partial charge in [-0.1, -0.05) is 27.7 Å². The van der Waals surface area contributed by atoms with Gasteiger partial charge in [0, 0.05) is 16.1 Å². The van der Waals surface area contributed by atoms with E-state index in [9.17, 15) is 9.18 Å². The summed E-state index contributed by atoms with van der Waals surface area (Å²) in [6, 6.07) is 15.1. The van der Waals surface area contributed by atoms with Gasteiger partial charge in [-0.05, 0) is 55.5 Å². The minimum absolute atomic E-state index is 0.0790. The zero-order valence-electron chi connectivity index (χ0n) is 15.7. The molecular weight excluding hydrogens is 473 g/mol. The predicted octanol–water partition coefficient (Wildman–Crippen LogP) is 4.86. The molecule has 4 aromatic rings. The molecule has 7 nitrogen and oxygen atoms in total. The number of aryl methyl sites for hydroxylation is 1. The maximum absolute atomic E-state index is 13.2. The van der Waals surface area contributed by atoms with E-state index < -0.39 is 0 Å². The van der Waals surface area contributed by atoms with Gasteiger partial charge in [0.2, 0.25) is 11.8 Å². The van der Waals surface area contributed by atoms with Gasteiger partial charge in [0.25, 0.3) is 5.22 Å². The van der Waals surface area contributed by atoms with Gasteiger partial charge in [0.15, 0.2) is 0 Å². The first-order valence-corrected chi connectivity index (χ1v) is 10.6. The standard InChI is InChI=1S/C20H15BrFN5O2S/c1-12-10-17(27(26-12)16-8-6-15(22)7-9-16)23-18(28)11-30-20-25-24-19(29-20)13-2-4-14(21)5-3-13/h2-10H,11H2,1H3,(H,23,28). The first-order chi connectivity index (χ1) is 14.5. The number of nitrogens with one attached hydrogen (secondary N) is 1. The van der Waals surface area contributed by atoms with Crippen LogP contribution in [0.1, 0.15) is 5.69 Å². The highest BCUT2D eigenvalue weighted by atomic mass is 79.9. The highest BCUT2D eigenvalue weighted by Crippen LogP contribution is 2.25. The van der Waals surface area contributed by atoms with E-state index >= 15 is 0 Å². The molecule has 0 aliphatic rings. The molecule has 0 fully saturated rings. The first-order valence-electron chi connectivity index (χ1n) is 8.82. The summed E-state index contributed by atoms with van der Waals surface area (Å²) in [6.45, 7) is 1.81. The van der Waals surface area contributed by atoms with Gasteiger partial charge in [-0.2, -0.15) is 5.10 Å². The molecule has 1 N–H and O–H groups in total. The number of carbonyl (C=O) groups excluding carboxylic acids is 1. The molecule has 2 aromatic carbocycles. The highest BCUT2D eigenvalue weighted by molar-refractivity contribution is 9.10. The van der Waals surface area contributed by atoms with Crippen molar-refractivity contribution in [3.05, 3.63) is 70.6 Å². The predicted molar refractivity (Wildman–Crippen MR) is 115 cm³/mol. The van der Waals surface area contributed by atoms with Crippen molar-refractivity contribution >= 4 is 39.4 Å². The highest BCUT2D eigenvalue weighted by Gasteiger charge is 2.14. The fraction of sp³-hybridized carbons (Fsp3) is 0.100. The molecule has 0 aliphatic heterocycles. The Bertz CT molecular complexity index is 1170. The fourth-order valence-electron chi connectivity index (χ4n) is 2.65. The Morgan fingerprint density at radius 2 is 1.90 bits per heavy atom. The number of hydrogen-bond donors (Lipinski definition) is 1. The van der Waals surface area contributed by atoms with E-state index in [0.29, 0.717) is 22.6 Å². The topological polar surface area (TPSA) is 85.8 Å². The summed E-state index contributed by atoms with van der Waals surface area (Å²) >= 11 is 4.51. The van der Waals surface area contributed by atoms with Crippen molar-refractivity contribution in [3.8, 4) is 17.1 Å². The minimum atomic E-state index is -0.341. The molecule has 10 heteroatoms. The number of carbonyl (C=O) groups is 1. The molecule has 152 valence electrons. The van der Waals surface area contributed by atoms with Crippen LogP contribution < -0.4 is 5.32 Å². The summed E-state index contributed by atoms with van der Waals surface area (Å²) in [5.74, 6) is 0.356. The number of anilines is 1. The fourth-order valence-corrected chi connectivity index (χ4v) is 3.48. The summed E-state index contributed by atoms with van der Waals surface area (Å²) in [5, 5.41) is 15.4. The van der Waals surface area contributed by atoms with Crippen LogP contribution in [0.4, 0.5) is 10.2 Å². The van der Waals surface area contributed by atoms with Gasteiger partial charge in [-0.15, -0.1) is 10.2 Å². The number of halogens is 2. The second kappa shape index (κ2) is 8.80. The van der Waals surface area contributed by atoms with Gasteiger partial charge in [-0.25, -0.2) is 9.07 Å². The Morgan fingerprint density at radius 3 is 2.63 bits per heavy atom. The molecule has 30 heavy (non-hydrogen) atoms. The molecule has 0 bridgehead atoms. The number of hydrogen-bond acceptors (Lipinski definition) is 6. The van der Waals surface area contributed by atoms with Gasteiger partial charge < -0.3 is 9.73 Å². The Kier molecular flexibility index (Phi) is 5.96. The van der Waals surface area contributed by atoms with Crippen molar-refractivity contribution in [1.29, 1.82) is 0 Å². The lowest BCUT2D eigenvalue weighted by Crippen LogP contribution is -2.17. The summed E-state index contributed by atoms with van der Waals surface area (Å²) in [4.78, 5) is 12.4. The van der Waals surface area contributed by atoms with Gasteiger partial charge in [-0.3, -0.25) is 4.79 Å². The molecule has 2 aromatic heterocycles. The molecule has 1 amide bonds. The SMILES string of the molecule is Cc1cc(NC(=O)CSc2nnc(-c3ccc(Br)cc3)o2)n(-c2ccc(F)cc2)n1. The number of nitrogens with zero attached hydrogens (tertiary/aromatic N) is 4. The van der Waals surface area contributed by atoms with Crippen LogP contribution in [0.3, 0.4) is 0 Å². The number of benzene rings is 2. The number of amides is 1. The third-order valence-corrected chi connectivity index (χ3v) is 5.34. The molecular formula is C20H15BrFN5O2S. The second-order valence-corrected chi connectivity index (χ2v) is 8.12. The Morgan fingerprint density at radius 1 is 1.17 bits per heavy atom. The zero-order valence-corrected chi connectivity index (χ0v) is 18.1. The lowest BCUT2D eigenvalue weighted by atomic mass is 10.2. The summed E-state index contributed by atoms with van der Waals surface area (Å²) < 4.78 is 21.3. The van der Waals surface area contributed by atoms with Crippen molar-refractivity contribution in [2.24, 2.45) is 0 Å². The van der Waals surface area contributed by atoms with Crippen LogP contribution in [0.25, 0.3) is 17.1 Å². The van der Waals surface area contributed by atoms with E-state index in [2.05, 4.69) is 36.5 Å². The van der Waals surface area contributed by atoms with E-state index in [1.807, 2.05) is 31.2 Å². The Balaban J connectivity index is 1.40. The van der Waals surface area contributed by atoms with Crippen molar-refractivity contribution in [1.82, 2.24) is 20.0 Å². The first kappa shape index (κ1) is 20.3. The van der Waals surface area contributed by atoms with Crippen LogP contribution in [0, 0.1) is 12.7 Å². The average molecular weight is 488 g/mol. The molecule has 0 spiro atoms. The van der Waals surface area contributed by atoms with Crippen LogP contribution in [-0.2, 0) is 4.79 Å². The van der Waals surface area contributed by atoms with Crippen molar-refractivity contribution in [2.45, 2.75) is 12.1 Å². The third kappa shape index (κ3) is 4.77. The van der Waals surface area contributed by atoms with Gasteiger partial charge >= 0.3 is 0 Å². The third-order valence-electron chi connectivity index (χ3n) is 3.99. The molecule has 2 heterocycles. The maximum atomic E-state index is 13.2. The quantitative estimate of drug-likeness (QED) is 0.390. The molecule has 0 radical (unpaired) electrons. The average Bonchev–Trinajstić information content (AvgIpc) is 3.34. The number of aromatic nitrogens is 4. The van der Waals surface area contributed by atoms with Crippen LogP contribution >= 0.6 is 27.7 Å². The van der Waals surface area contributed by atoms with E-state index in [0.717, 1.165) is 27.5 Å². The van der Waals surface area contributed by atoms with Crippen LogP contribution in [0.15, 0.2) is 68.7 Å². The smallest absolute Gasteiger partial charge is 0.277 e. The molecule has 0 saturated carbocycles. The van der Waals surface area contributed by atoms with Crippen molar-refractivity contribution in [2.75, 3.05) is 11.1 Å². The lowest BCUT2D eigenvalue weighted by molar-refractivity contribution is -0.113. The van der Waals surface area contributed by atoms with Crippen LogP contribution in [0.5, 0.6) is 0 Å². The normalized spacial score (nSPS) is 10.9. The maximum Gasteiger partial charge on any atom is 0.277 e. The molecule has 4 rings (SSSR count). The van der Waals surface area contributed by atoms with Crippen LogP contribution in [0.2, 0.25) is 0 Å². The van der Waals surface area contributed by atoms with Crippen molar-refractivity contribution < 1.29 is 13.6 Å². The molecule has 0 unspecified atom stereocenters. The number of rotatable bonds is 6. The molecule has 0 saturated heterocycles. The zero-order chi connectivity index (χ0) is 21.1. The monoisotopic (exact) mass is 487 g/mol. The van der Waals surface area contributed by atoms with Gasteiger partial charge in [0.1, 0.15) is 11.6 Å². The van der Waals surface area contributed by atoms with Gasteiger partial charge in [0.05, 0.1) is 17.1 Å². The molecule has 0 atom stereocenters. The largest absolute Gasteiger partial charge is 0.411 e. The van der Waals surface area contributed by atoms with E-state index in [4.69, 9.17) is 4.42 Å². The Hall–Kier alpha value is -2.98. The summed E-state index contributed by atoms with van der Waals surface area (Å²) in [6.07, 6.45) is 0. The van der Waals surface area contributed by atoms with E-state index in [1.54, 1.807) is 22.9 Å². The summed E-state index contributed by atoms with van der Waals surface area (Å²) in [7, 11) is 0. The number of thioether (sulfide) groups is 1. The van der Waals surface area contributed by atoms with E-state index in [1.165, 1.54) is 12.1 Å². The van der Waals surface area contributed by atoms with Crippen molar-refractivity contribution in [3.63, 3.8) is 0 Å². The lowest BCUT2D eigenvalue weighted by Gasteiger charge is -2.08.